The Balaban J connectivity index is 1.67. The third-order valence-electron chi connectivity index (χ3n) is 6.22. The van der Waals surface area contributed by atoms with Crippen molar-refractivity contribution in [2.75, 3.05) is 6.54 Å². The maximum atomic E-state index is 14.6. The van der Waals surface area contributed by atoms with Crippen molar-refractivity contribution < 1.29 is 28.1 Å². The average molecular weight is 464 g/mol. The third kappa shape index (κ3) is 4.25. The lowest BCUT2D eigenvalue weighted by molar-refractivity contribution is -0.0169. The number of aliphatic hydroxyl groups excluding tert-OH is 2. The molecule has 7 nitrogen and oxygen atoms in total. The molecule has 0 saturated heterocycles. The fraction of sp³-hybridized carbons (Fsp3) is 0.435. The molecule has 4 unspecified atom stereocenters. The van der Waals surface area contributed by atoms with Gasteiger partial charge in [-0.2, -0.15) is 0 Å². The zero-order chi connectivity index (χ0) is 23.9. The molecular weight excluding hydrogens is 437 g/mol. The number of nitrogens with zero attached hydrogens (tertiary/aromatic N) is 2. The van der Waals surface area contributed by atoms with Gasteiger partial charge in [-0.15, -0.1) is 0 Å². The molecule has 2 aliphatic rings. The van der Waals surface area contributed by atoms with Crippen molar-refractivity contribution >= 4 is 17.7 Å². The normalized spacial score (nSPS) is 25.1. The van der Waals surface area contributed by atoms with Crippen molar-refractivity contribution in [3.8, 4) is 5.75 Å². The predicted molar refractivity (Wildman–Crippen MR) is 118 cm³/mol. The van der Waals surface area contributed by atoms with Crippen LogP contribution in [-0.4, -0.2) is 45.9 Å². The SMILES string of the molecule is C=C(N)c1c(F)cn(C2CC(Oc3cc(C(F)F)cc4c3CNCC4)C(O)C2O)c1/N=C\C. The Hall–Kier alpha value is -2.82. The molecule has 4 atom stereocenters. The van der Waals surface area contributed by atoms with Crippen LogP contribution in [-0.2, 0) is 13.0 Å². The van der Waals surface area contributed by atoms with Crippen LogP contribution in [0, 0.1) is 5.82 Å². The van der Waals surface area contributed by atoms with Gasteiger partial charge in [-0.25, -0.2) is 18.2 Å². The average Bonchev–Trinajstić information content (AvgIpc) is 3.24. The molecule has 1 saturated carbocycles. The minimum Gasteiger partial charge on any atom is -0.487 e. The van der Waals surface area contributed by atoms with E-state index in [1.807, 2.05) is 0 Å². The maximum absolute atomic E-state index is 14.6. The second-order valence-corrected chi connectivity index (χ2v) is 8.32. The summed E-state index contributed by atoms with van der Waals surface area (Å²) in [6.07, 6.45) is -2.92. The van der Waals surface area contributed by atoms with Gasteiger partial charge in [0.15, 0.2) is 5.82 Å². The molecule has 2 heterocycles. The van der Waals surface area contributed by atoms with E-state index in [1.54, 1.807) is 6.92 Å². The first-order chi connectivity index (χ1) is 15.7. The number of nitrogens with one attached hydrogen (secondary N) is 1. The molecule has 178 valence electrons. The molecule has 1 aliphatic heterocycles. The maximum Gasteiger partial charge on any atom is 0.263 e. The Kier molecular flexibility index (Phi) is 6.51. The predicted octanol–water partition coefficient (Wildman–Crippen LogP) is 2.98. The van der Waals surface area contributed by atoms with Crippen molar-refractivity contribution in [3.63, 3.8) is 0 Å². The lowest BCUT2D eigenvalue weighted by Crippen LogP contribution is -2.35. The quantitative estimate of drug-likeness (QED) is 0.492. The Morgan fingerprint density at radius 2 is 2.12 bits per heavy atom. The molecule has 2 aromatic rings. The topological polar surface area (TPSA) is 105 Å². The van der Waals surface area contributed by atoms with Gasteiger partial charge in [0, 0.05) is 42.2 Å². The number of hydrogen-bond donors (Lipinski definition) is 4. The summed E-state index contributed by atoms with van der Waals surface area (Å²) in [4.78, 5) is 4.18. The van der Waals surface area contributed by atoms with Gasteiger partial charge in [-0.1, -0.05) is 6.58 Å². The molecule has 0 radical (unpaired) electrons. The van der Waals surface area contributed by atoms with Crippen LogP contribution in [0.2, 0.25) is 0 Å². The first-order valence-corrected chi connectivity index (χ1v) is 10.7. The molecule has 5 N–H and O–H groups in total. The van der Waals surface area contributed by atoms with Crippen LogP contribution in [0.1, 0.15) is 48.1 Å². The Bertz CT molecular complexity index is 1090. The Morgan fingerprint density at radius 1 is 1.36 bits per heavy atom. The molecule has 1 aromatic carbocycles. The lowest BCUT2D eigenvalue weighted by atomic mass is 9.97. The van der Waals surface area contributed by atoms with Gasteiger partial charge in [0.05, 0.1) is 11.6 Å². The highest BCUT2D eigenvalue weighted by Gasteiger charge is 2.45. The van der Waals surface area contributed by atoms with Crippen molar-refractivity contribution in [3.05, 3.63) is 53.0 Å². The van der Waals surface area contributed by atoms with Gasteiger partial charge in [-0.05, 0) is 37.6 Å². The number of aliphatic hydroxyl groups is 2. The molecule has 1 aliphatic carbocycles. The second-order valence-electron chi connectivity index (χ2n) is 8.32. The van der Waals surface area contributed by atoms with E-state index in [0.717, 1.165) is 17.3 Å². The van der Waals surface area contributed by atoms with E-state index >= 15 is 0 Å². The molecule has 4 rings (SSSR count). The lowest BCUT2D eigenvalue weighted by Gasteiger charge is -2.25. The summed E-state index contributed by atoms with van der Waals surface area (Å²) in [6.45, 7) is 6.35. The van der Waals surface area contributed by atoms with Crippen LogP contribution in [0.25, 0.3) is 5.70 Å². The van der Waals surface area contributed by atoms with Gasteiger partial charge in [0.25, 0.3) is 6.43 Å². The molecule has 1 fully saturated rings. The number of ether oxygens (including phenoxy) is 1. The van der Waals surface area contributed by atoms with Gasteiger partial charge in [-0.3, -0.25) is 0 Å². The minimum atomic E-state index is -2.67. The van der Waals surface area contributed by atoms with Crippen LogP contribution in [0.4, 0.5) is 19.0 Å². The number of halogens is 3. The molecule has 0 bridgehead atoms. The fourth-order valence-electron chi connectivity index (χ4n) is 4.63. The van der Waals surface area contributed by atoms with Crippen molar-refractivity contribution in [2.24, 2.45) is 10.7 Å². The number of nitrogens with two attached hydrogens (primary N) is 1. The summed E-state index contributed by atoms with van der Waals surface area (Å²) in [7, 11) is 0. The van der Waals surface area contributed by atoms with Gasteiger partial charge < -0.3 is 30.6 Å². The molecule has 10 heteroatoms. The highest BCUT2D eigenvalue weighted by molar-refractivity contribution is 5.73. The molecule has 1 aromatic heterocycles. The van der Waals surface area contributed by atoms with E-state index in [0.29, 0.717) is 19.5 Å². The monoisotopic (exact) mass is 464 g/mol. The van der Waals surface area contributed by atoms with Crippen LogP contribution < -0.4 is 15.8 Å². The Labute approximate surface area is 189 Å². The van der Waals surface area contributed by atoms with E-state index in [4.69, 9.17) is 10.5 Å². The summed E-state index contributed by atoms with van der Waals surface area (Å²) >= 11 is 0. The van der Waals surface area contributed by atoms with Crippen molar-refractivity contribution in [1.82, 2.24) is 9.88 Å². The smallest absolute Gasteiger partial charge is 0.263 e. The largest absolute Gasteiger partial charge is 0.487 e. The second kappa shape index (κ2) is 9.20. The van der Waals surface area contributed by atoms with E-state index < -0.39 is 36.6 Å². The Morgan fingerprint density at radius 3 is 2.79 bits per heavy atom. The number of aromatic nitrogens is 1. The van der Waals surface area contributed by atoms with E-state index in [9.17, 15) is 23.4 Å². The van der Waals surface area contributed by atoms with Crippen LogP contribution in [0.15, 0.2) is 29.9 Å². The van der Waals surface area contributed by atoms with Crippen molar-refractivity contribution in [1.29, 1.82) is 0 Å². The van der Waals surface area contributed by atoms with Crippen molar-refractivity contribution in [2.45, 2.75) is 57.1 Å². The van der Waals surface area contributed by atoms with Crippen LogP contribution in [0.3, 0.4) is 0 Å². The fourth-order valence-corrected chi connectivity index (χ4v) is 4.63. The molecular formula is C23H27F3N4O3. The van der Waals surface area contributed by atoms with E-state index in [1.165, 1.54) is 22.9 Å². The number of aliphatic imine (C=N–C) groups is 1. The first kappa shape index (κ1) is 23.3. The van der Waals surface area contributed by atoms with E-state index in [-0.39, 0.29) is 34.8 Å². The van der Waals surface area contributed by atoms with Gasteiger partial charge >= 0.3 is 0 Å². The standard InChI is InChI=1S/C23H27F3N4O3/c1-3-29-23-19(11(2)27)15(24)10-30(23)16-8-18(21(32)20(16)31)33-17-7-13(22(25)26)6-12-4-5-28-9-14(12)17/h3,6-7,10,16,18,20-22,28,31-32H,2,4-5,8-9,27H2,1H3/b29-3-. The first-order valence-electron chi connectivity index (χ1n) is 10.7. The summed E-state index contributed by atoms with van der Waals surface area (Å²) in [5.74, 6) is -0.243. The van der Waals surface area contributed by atoms with Crippen LogP contribution >= 0.6 is 0 Å². The highest BCUT2D eigenvalue weighted by atomic mass is 19.3. The number of fused-ring (bicyclic) bond motifs is 1. The number of benzene rings is 1. The summed E-state index contributed by atoms with van der Waals surface area (Å²) in [5, 5.41) is 24.7. The number of rotatable bonds is 6. The van der Waals surface area contributed by atoms with Gasteiger partial charge in [0.2, 0.25) is 0 Å². The minimum absolute atomic E-state index is 0.0175. The van der Waals surface area contributed by atoms with Crippen LogP contribution in [0.5, 0.6) is 5.75 Å². The molecule has 0 spiro atoms. The number of alkyl halides is 2. The third-order valence-corrected chi connectivity index (χ3v) is 6.22. The van der Waals surface area contributed by atoms with E-state index in [2.05, 4.69) is 16.9 Å². The zero-order valence-electron chi connectivity index (χ0n) is 18.1. The zero-order valence-corrected chi connectivity index (χ0v) is 18.1. The highest BCUT2D eigenvalue weighted by Crippen LogP contribution is 2.41. The number of hydrogen-bond acceptors (Lipinski definition) is 6. The summed E-state index contributed by atoms with van der Waals surface area (Å²) in [5.41, 5.74) is 7.09. The van der Waals surface area contributed by atoms with Gasteiger partial charge in [0.1, 0.15) is 29.9 Å². The molecule has 0 amide bonds. The summed E-state index contributed by atoms with van der Waals surface area (Å²) in [6, 6.07) is 1.98. The molecule has 33 heavy (non-hydrogen) atoms. The summed E-state index contributed by atoms with van der Waals surface area (Å²) < 4.78 is 48.9.